The second kappa shape index (κ2) is 9.72. The maximum absolute atomic E-state index is 13.2. The minimum Gasteiger partial charge on any atom is -0.352 e. The molecular weight excluding hydrogens is 476 g/mol. The topological polar surface area (TPSA) is 135 Å². The van der Waals surface area contributed by atoms with E-state index in [2.05, 4.69) is 20.1 Å². The average Bonchev–Trinajstić information content (AvgIpc) is 3.60. The van der Waals surface area contributed by atoms with E-state index in [0.29, 0.717) is 47.7 Å². The van der Waals surface area contributed by atoms with Crippen molar-refractivity contribution >= 4 is 40.4 Å². The van der Waals surface area contributed by atoms with Crippen molar-refractivity contribution < 1.29 is 23.9 Å². The van der Waals surface area contributed by atoms with E-state index >= 15 is 0 Å². The van der Waals surface area contributed by atoms with Crippen LogP contribution in [-0.2, 0) is 9.59 Å². The highest BCUT2D eigenvalue weighted by atomic mass is 16.2. The van der Waals surface area contributed by atoms with Crippen molar-refractivity contribution in [3.05, 3.63) is 65.8 Å². The Labute approximate surface area is 211 Å². The number of likely N-dealkylation sites (N-methyl/N-ethyl adjacent to an activating group) is 1. The zero-order valence-corrected chi connectivity index (χ0v) is 20.4. The Morgan fingerprint density at radius 2 is 1.68 bits per heavy atom. The Bertz CT molecular complexity index is 1470. The molecule has 2 aromatic heterocycles. The highest BCUT2D eigenvalue weighted by Crippen LogP contribution is 2.27. The molecule has 37 heavy (non-hydrogen) atoms. The van der Waals surface area contributed by atoms with Crippen LogP contribution < -0.4 is 0 Å². The van der Waals surface area contributed by atoms with Crippen LogP contribution in [0.5, 0.6) is 0 Å². The predicted molar refractivity (Wildman–Crippen MR) is 131 cm³/mol. The third-order valence-corrected chi connectivity index (χ3v) is 6.31. The summed E-state index contributed by atoms with van der Waals surface area (Å²) in [5, 5.41) is 4.34. The summed E-state index contributed by atoms with van der Waals surface area (Å²) in [4.78, 5) is 67.2. The van der Waals surface area contributed by atoms with Gasteiger partial charge in [-0.05, 0) is 23.2 Å². The van der Waals surface area contributed by atoms with E-state index in [1.165, 1.54) is 27.0 Å². The number of aromatic amines is 1. The number of hydrogen-bond acceptors (Lipinski definition) is 7. The van der Waals surface area contributed by atoms with Gasteiger partial charge in [0.2, 0.25) is 6.33 Å². The fraction of sp³-hybridized carbons (Fsp3) is 0.280. The second-order valence-electron chi connectivity index (χ2n) is 8.87. The minimum absolute atomic E-state index is 0.0999. The molecule has 0 spiro atoms. The molecule has 1 saturated heterocycles. The van der Waals surface area contributed by atoms with Gasteiger partial charge in [-0.3, -0.25) is 19.2 Å². The molecule has 0 saturated carbocycles. The van der Waals surface area contributed by atoms with Crippen LogP contribution in [0.1, 0.15) is 20.7 Å². The molecule has 0 aliphatic carbocycles. The Morgan fingerprint density at radius 3 is 2.38 bits per heavy atom. The first-order valence-corrected chi connectivity index (χ1v) is 11.8. The molecule has 0 unspecified atom stereocenters. The van der Waals surface area contributed by atoms with Gasteiger partial charge in [0, 0.05) is 52.0 Å². The van der Waals surface area contributed by atoms with Gasteiger partial charge < -0.3 is 19.7 Å². The van der Waals surface area contributed by atoms with Crippen LogP contribution >= 0.6 is 0 Å². The van der Waals surface area contributed by atoms with E-state index in [9.17, 15) is 19.2 Å². The summed E-state index contributed by atoms with van der Waals surface area (Å²) in [5.74, 6) is -1.29. The van der Waals surface area contributed by atoms with Gasteiger partial charge in [-0.2, -0.15) is 0 Å². The first kappa shape index (κ1) is 24.0. The van der Waals surface area contributed by atoms with Gasteiger partial charge in [-0.15, -0.1) is 4.70 Å². The van der Waals surface area contributed by atoms with Crippen LogP contribution in [0.25, 0.3) is 11.0 Å². The summed E-state index contributed by atoms with van der Waals surface area (Å²) in [6.45, 7) is 1.52. The number of rotatable bonds is 5. The van der Waals surface area contributed by atoms with Gasteiger partial charge >= 0.3 is 5.82 Å². The number of aromatic nitrogens is 3. The number of fused-ring (bicyclic) bond motifs is 1. The standard InChI is InChI=1S/C25H24N8O4/c1-30(2)24(36)18-8-9-33(29-18)22-20-19(27-15-28-22)17(14-26-20)21(34)25(37)32-12-10-31(11-13-32)23(35)16-6-4-3-5-7-16/h3-8,14-15H,9-13H2,1-2H3/p+1. The first-order chi connectivity index (χ1) is 17.8. The lowest BCUT2D eigenvalue weighted by Gasteiger charge is -2.34. The van der Waals surface area contributed by atoms with E-state index in [1.807, 2.05) is 6.07 Å². The van der Waals surface area contributed by atoms with Crippen LogP contribution in [0.15, 0.2) is 59.7 Å². The molecule has 188 valence electrons. The van der Waals surface area contributed by atoms with Gasteiger partial charge in [0.15, 0.2) is 11.2 Å². The van der Waals surface area contributed by atoms with E-state index in [-0.39, 0.29) is 30.5 Å². The van der Waals surface area contributed by atoms with Crippen molar-refractivity contribution in [3.8, 4) is 0 Å². The van der Waals surface area contributed by atoms with Gasteiger partial charge in [-0.25, -0.2) is 4.98 Å². The summed E-state index contributed by atoms with van der Waals surface area (Å²) >= 11 is 0. The predicted octanol–water partition coefficient (Wildman–Crippen LogP) is 1.21. The molecule has 3 aromatic rings. The molecule has 4 heterocycles. The third kappa shape index (κ3) is 4.48. The van der Waals surface area contributed by atoms with Crippen molar-refractivity contribution in [2.24, 2.45) is 5.11 Å². The molecule has 1 fully saturated rings. The number of benzene rings is 1. The highest BCUT2D eigenvalue weighted by molar-refractivity contribution is 6.44. The monoisotopic (exact) mass is 501 g/mol. The van der Waals surface area contributed by atoms with Crippen LogP contribution in [0, 0.1) is 0 Å². The number of nitrogens with zero attached hydrogens (tertiary/aromatic N) is 7. The lowest BCUT2D eigenvalue weighted by molar-refractivity contribution is -0.495. The zero-order chi connectivity index (χ0) is 26.1. The van der Waals surface area contributed by atoms with Crippen LogP contribution in [-0.4, -0.2) is 105 Å². The van der Waals surface area contributed by atoms with E-state index in [0.717, 1.165) is 0 Å². The Hall–Kier alpha value is -4.74. The number of hydrogen-bond donors (Lipinski definition) is 1. The summed E-state index contributed by atoms with van der Waals surface area (Å²) in [6.07, 6.45) is 4.42. The average molecular weight is 502 g/mol. The number of H-pyrrole nitrogens is 1. The number of carbonyl (C=O) groups excluding carboxylic acids is 4. The Balaban J connectivity index is 1.30. The normalized spacial score (nSPS) is 15.4. The third-order valence-electron chi connectivity index (χ3n) is 6.31. The maximum atomic E-state index is 13.2. The van der Waals surface area contributed by atoms with Gasteiger partial charge in [0.25, 0.3) is 23.5 Å². The quantitative estimate of drug-likeness (QED) is 0.317. The van der Waals surface area contributed by atoms with Crippen molar-refractivity contribution in [2.45, 2.75) is 0 Å². The SMILES string of the molecule is CN(C)C(=O)C1=CC[N+](c2ncnc3c(C(=O)C(=O)N4CCN(C(=O)c5ccccc5)CC4)c[nH]c23)=N1. The Kier molecular flexibility index (Phi) is 6.30. The summed E-state index contributed by atoms with van der Waals surface area (Å²) in [5.41, 5.74) is 1.74. The van der Waals surface area contributed by atoms with E-state index < -0.39 is 11.7 Å². The van der Waals surface area contributed by atoms with Crippen LogP contribution in [0.2, 0.25) is 0 Å². The molecule has 0 radical (unpaired) electrons. The van der Waals surface area contributed by atoms with Gasteiger partial charge in [-0.1, -0.05) is 23.3 Å². The van der Waals surface area contributed by atoms with Gasteiger partial charge in [0.1, 0.15) is 12.1 Å². The fourth-order valence-corrected chi connectivity index (χ4v) is 4.31. The number of azo groups is 2. The summed E-state index contributed by atoms with van der Waals surface area (Å²) in [7, 11) is 3.29. The highest BCUT2D eigenvalue weighted by Gasteiger charge is 2.32. The summed E-state index contributed by atoms with van der Waals surface area (Å²) < 4.78 is 1.54. The van der Waals surface area contributed by atoms with Crippen molar-refractivity contribution in [2.75, 3.05) is 46.8 Å². The smallest absolute Gasteiger partial charge is 0.352 e. The van der Waals surface area contributed by atoms with Gasteiger partial charge in [0.05, 0.1) is 5.56 Å². The van der Waals surface area contributed by atoms with Crippen molar-refractivity contribution in [3.63, 3.8) is 0 Å². The molecular formula is C25H25N8O4+. The molecule has 5 rings (SSSR count). The Morgan fingerprint density at radius 1 is 0.973 bits per heavy atom. The number of nitrogens with one attached hydrogen (secondary N) is 1. The number of carbonyl (C=O) groups is 4. The lowest BCUT2D eigenvalue weighted by Crippen LogP contribution is -2.52. The molecule has 0 bridgehead atoms. The number of amides is 3. The van der Waals surface area contributed by atoms with Crippen molar-refractivity contribution in [1.82, 2.24) is 29.7 Å². The molecule has 12 nitrogen and oxygen atoms in total. The van der Waals surface area contributed by atoms with Crippen LogP contribution in [0.3, 0.4) is 0 Å². The summed E-state index contributed by atoms with van der Waals surface area (Å²) in [6, 6.07) is 8.96. The number of Topliss-reactive ketones (excluding diaryl/α,β-unsaturated/α-hetero) is 1. The van der Waals surface area contributed by atoms with Crippen LogP contribution in [0.4, 0.5) is 5.82 Å². The van der Waals surface area contributed by atoms with Crippen molar-refractivity contribution in [1.29, 1.82) is 0 Å². The fourth-order valence-electron chi connectivity index (χ4n) is 4.31. The molecule has 12 heteroatoms. The molecule has 1 aromatic carbocycles. The largest absolute Gasteiger partial charge is 0.371 e. The lowest BCUT2D eigenvalue weighted by atomic mass is 10.1. The zero-order valence-electron chi connectivity index (χ0n) is 20.4. The molecule has 2 aliphatic heterocycles. The molecule has 0 atom stereocenters. The molecule has 3 amide bonds. The first-order valence-electron chi connectivity index (χ1n) is 11.8. The molecule has 1 N–H and O–H groups in total. The second-order valence-corrected chi connectivity index (χ2v) is 8.87. The van der Waals surface area contributed by atoms with E-state index in [4.69, 9.17) is 0 Å². The minimum atomic E-state index is -0.696. The number of piperazine rings is 1. The van der Waals surface area contributed by atoms with E-state index in [1.54, 1.807) is 49.3 Å². The number of ketones is 1. The maximum Gasteiger partial charge on any atom is 0.371 e. The molecule has 2 aliphatic rings.